The van der Waals surface area contributed by atoms with E-state index >= 15 is 0 Å². The van der Waals surface area contributed by atoms with Crippen LogP contribution in [0.15, 0.2) is 36.4 Å². The Bertz CT molecular complexity index is 688. The van der Waals surface area contributed by atoms with Gasteiger partial charge in [-0.15, -0.1) is 0 Å². The maximum absolute atomic E-state index is 11.1. The van der Waals surface area contributed by atoms with Crippen molar-refractivity contribution >= 4 is 23.0 Å². The van der Waals surface area contributed by atoms with Crippen molar-refractivity contribution in [3.05, 3.63) is 52.1 Å². The lowest BCUT2D eigenvalue weighted by Crippen LogP contribution is -2.28. The first-order valence-electron chi connectivity index (χ1n) is 7.35. The predicted octanol–water partition coefficient (Wildman–Crippen LogP) is 3.03. The number of rotatable bonds is 6. The smallest absolute Gasteiger partial charge is 0.368 e. The lowest BCUT2D eigenvalue weighted by molar-refractivity contribution is -0.389. The molecular formula is C16H21N5O2. The molecule has 1 aromatic heterocycles. The van der Waals surface area contributed by atoms with Crippen molar-refractivity contribution in [1.82, 2.24) is 4.98 Å². The Kier molecular flexibility index (Phi) is 5.00. The first kappa shape index (κ1) is 16.5. The number of pyridine rings is 1. The van der Waals surface area contributed by atoms with Gasteiger partial charge in [0.15, 0.2) is 0 Å². The summed E-state index contributed by atoms with van der Waals surface area (Å²) in [5.74, 6) is 0.182. The number of nitrogens with zero attached hydrogens (tertiary/aromatic N) is 3. The van der Waals surface area contributed by atoms with Crippen molar-refractivity contribution in [2.45, 2.75) is 26.4 Å². The summed E-state index contributed by atoms with van der Waals surface area (Å²) in [4.78, 5) is 16.5. The molecule has 0 spiro atoms. The SMILES string of the molecule is CC(C)N(C)c1nc([N+](=O)[O-])cc(NCc2ccccc2)c1N. The Morgan fingerprint density at radius 1 is 1.35 bits per heavy atom. The van der Waals surface area contributed by atoms with Crippen LogP contribution in [0.1, 0.15) is 19.4 Å². The number of nitro groups is 1. The molecule has 1 aromatic carbocycles. The van der Waals surface area contributed by atoms with Gasteiger partial charge in [-0.25, -0.2) is 0 Å². The molecule has 0 aliphatic carbocycles. The van der Waals surface area contributed by atoms with Gasteiger partial charge in [0.1, 0.15) is 5.69 Å². The highest BCUT2D eigenvalue weighted by atomic mass is 16.6. The van der Waals surface area contributed by atoms with Crippen LogP contribution in [0.25, 0.3) is 0 Å². The van der Waals surface area contributed by atoms with E-state index < -0.39 is 4.92 Å². The Labute approximate surface area is 135 Å². The van der Waals surface area contributed by atoms with Gasteiger partial charge in [0.25, 0.3) is 5.82 Å². The van der Waals surface area contributed by atoms with Crippen LogP contribution in [-0.4, -0.2) is 23.0 Å². The molecule has 2 aromatic rings. The van der Waals surface area contributed by atoms with E-state index in [1.54, 1.807) is 0 Å². The molecule has 0 bridgehead atoms. The highest BCUT2D eigenvalue weighted by Gasteiger charge is 2.23. The van der Waals surface area contributed by atoms with Crippen molar-refractivity contribution in [3.63, 3.8) is 0 Å². The standard InChI is InChI=1S/C16H21N5O2/c1-11(2)20(3)16-15(17)13(9-14(19-16)21(22)23)18-10-12-7-5-4-6-8-12/h4-9,11H,10,17H2,1-3H3,(H,18,19). The Morgan fingerprint density at radius 3 is 2.57 bits per heavy atom. The third-order valence-electron chi connectivity index (χ3n) is 3.65. The molecule has 122 valence electrons. The van der Waals surface area contributed by atoms with Crippen molar-refractivity contribution in [2.24, 2.45) is 0 Å². The summed E-state index contributed by atoms with van der Waals surface area (Å²) in [6, 6.07) is 11.2. The average Bonchev–Trinajstić information content (AvgIpc) is 2.53. The third kappa shape index (κ3) is 3.88. The second-order valence-corrected chi connectivity index (χ2v) is 5.57. The molecule has 2 rings (SSSR count). The lowest BCUT2D eigenvalue weighted by atomic mass is 10.2. The number of benzene rings is 1. The van der Waals surface area contributed by atoms with Gasteiger partial charge in [0.2, 0.25) is 0 Å². The molecule has 23 heavy (non-hydrogen) atoms. The molecule has 0 aliphatic rings. The van der Waals surface area contributed by atoms with Crippen LogP contribution in [0.4, 0.5) is 23.0 Å². The Hall–Kier alpha value is -2.83. The summed E-state index contributed by atoms with van der Waals surface area (Å²) in [5.41, 5.74) is 8.14. The van der Waals surface area contributed by atoms with Gasteiger partial charge in [-0.05, 0) is 29.3 Å². The number of hydrogen-bond donors (Lipinski definition) is 2. The molecule has 0 unspecified atom stereocenters. The fourth-order valence-corrected chi connectivity index (χ4v) is 2.07. The number of nitrogen functional groups attached to an aromatic ring is 1. The molecule has 3 N–H and O–H groups in total. The van der Waals surface area contributed by atoms with Gasteiger partial charge < -0.3 is 26.1 Å². The summed E-state index contributed by atoms with van der Waals surface area (Å²) in [6.07, 6.45) is 0. The summed E-state index contributed by atoms with van der Waals surface area (Å²) in [6.45, 7) is 4.46. The maximum atomic E-state index is 11.1. The van der Waals surface area contributed by atoms with E-state index in [-0.39, 0.29) is 11.9 Å². The predicted molar refractivity (Wildman–Crippen MR) is 92.6 cm³/mol. The van der Waals surface area contributed by atoms with E-state index in [4.69, 9.17) is 5.73 Å². The molecule has 0 saturated carbocycles. The fraction of sp³-hybridized carbons (Fsp3) is 0.312. The van der Waals surface area contributed by atoms with Crippen LogP contribution >= 0.6 is 0 Å². The van der Waals surface area contributed by atoms with E-state index in [0.29, 0.717) is 23.7 Å². The molecule has 0 atom stereocenters. The van der Waals surface area contributed by atoms with E-state index in [2.05, 4.69) is 10.3 Å². The molecule has 0 aliphatic heterocycles. The van der Waals surface area contributed by atoms with E-state index in [9.17, 15) is 10.1 Å². The maximum Gasteiger partial charge on any atom is 0.368 e. The molecule has 0 amide bonds. The summed E-state index contributed by atoms with van der Waals surface area (Å²) < 4.78 is 0. The van der Waals surface area contributed by atoms with Gasteiger partial charge >= 0.3 is 5.82 Å². The van der Waals surface area contributed by atoms with Crippen molar-refractivity contribution < 1.29 is 4.92 Å². The fourth-order valence-electron chi connectivity index (χ4n) is 2.07. The number of nitrogens with one attached hydrogen (secondary N) is 1. The molecule has 0 radical (unpaired) electrons. The van der Waals surface area contributed by atoms with Gasteiger partial charge in [-0.3, -0.25) is 0 Å². The minimum Gasteiger partial charge on any atom is -0.392 e. The lowest BCUT2D eigenvalue weighted by Gasteiger charge is -2.22. The third-order valence-corrected chi connectivity index (χ3v) is 3.65. The largest absolute Gasteiger partial charge is 0.392 e. The topological polar surface area (TPSA) is 97.3 Å². The van der Waals surface area contributed by atoms with Crippen LogP contribution in [0.3, 0.4) is 0 Å². The van der Waals surface area contributed by atoms with Gasteiger partial charge in [0.05, 0.1) is 11.8 Å². The van der Waals surface area contributed by atoms with Crippen molar-refractivity contribution in [2.75, 3.05) is 23.0 Å². The van der Waals surface area contributed by atoms with Gasteiger partial charge in [-0.2, -0.15) is 0 Å². The number of nitrogens with two attached hydrogens (primary N) is 1. The molecular weight excluding hydrogens is 294 g/mol. The first-order chi connectivity index (χ1) is 10.9. The van der Waals surface area contributed by atoms with Crippen LogP contribution < -0.4 is 16.0 Å². The van der Waals surface area contributed by atoms with E-state index in [1.165, 1.54) is 6.07 Å². The number of hydrogen-bond acceptors (Lipinski definition) is 6. The summed E-state index contributed by atoms with van der Waals surface area (Å²) in [5, 5.41) is 14.3. The van der Waals surface area contributed by atoms with Crippen LogP contribution in [0.2, 0.25) is 0 Å². The van der Waals surface area contributed by atoms with Crippen LogP contribution in [0.5, 0.6) is 0 Å². The zero-order valence-electron chi connectivity index (χ0n) is 13.5. The monoisotopic (exact) mass is 315 g/mol. The quantitative estimate of drug-likeness (QED) is 0.628. The van der Waals surface area contributed by atoms with Gasteiger partial charge in [-0.1, -0.05) is 30.3 Å². The molecule has 7 nitrogen and oxygen atoms in total. The first-order valence-corrected chi connectivity index (χ1v) is 7.35. The second-order valence-electron chi connectivity index (χ2n) is 5.57. The molecule has 1 heterocycles. The Balaban J connectivity index is 2.35. The molecule has 0 fully saturated rings. The van der Waals surface area contributed by atoms with E-state index in [1.807, 2.05) is 56.1 Å². The number of aromatic nitrogens is 1. The number of anilines is 3. The highest BCUT2D eigenvalue weighted by Crippen LogP contribution is 2.32. The normalized spacial score (nSPS) is 10.6. The average molecular weight is 315 g/mol. The second kappa shape index (κ2) is 6.95. The van der Waals surface area contributed by atoms with Crippen LogP contribution in [0, 0.1) is 10.1 Å². The molecule has 0 saturated heterocycles. The zero-order valence-corrected chi connectivity index (χ0v) is 13.5. The minimum atomic E-state index is -0.509. The molecule has 7 heteroatoms. The summed E-state index contributed by atoms with van der Waals surface area (Å²) >= 11 is 0. The van der Waals surface area contributed by atoms with Crippen molar-refractivity contribution in [3.8, 4) is 0 Å². The Morgan fingerprint density at radius 2 is 2.00 bits per heavy atom. The highest BCUT2D eigenvalue weighted by molar-refractivity contribution is 5.80. The van der Waals surface area contributed by atoms with Gasteiger partial charge in [0, 0.05) is 19.6 Å². The minimum absolute atomic E-state index is 0.119. The van der Waals surface area contributed by atoms with E-state index in [0.717, 1.165) is 5.56 Å². The summed E-state index contributed by atoms with van der Waals surface area (Å²) in [7, 11) is 1.81. The van der Waals surface area contributed by atoms with Crippen molar-refractivity contribution in [1.29, 1.82) is 0 Å². The van der Waals surface area contributed by atoms with Crippen LogP contribution in [-0.2, 0) is 6.54 Å². The zero-order chi connectivity index (χ0) is 17.0.